The first-order valence-corrected chi connectivity index (χ1v) is 6.67. The standard InChI is InChI=1S/C14H22ClN/c1-3-13-6-8-14(9-7-13)11-16-12(2)5-4-10-15/h6-9,12,16H,3-5,10-11H2,1-2H3. The fraction of sp³-hybridized carbons (Fsp3) is 0.571. The molecule has 0 aliphatic carbocycles. The normalized spacial score (nSPS) is 12.7. The minimum absolute atomic E-state index is 0.546. The number of hydrogen-bond donors (Lipinski definition) is 1. The van der Waals surface area contributed by atoms with E-state index in [-0.39, 0.29) is 0 Å². The molecule has 0 fully saturated rings. The maximum absolute atomic E-state index is 5.67. The molecule has 1 atom stereocenters. The summed E-state index contributed by atoms with van der Waals surface area (Å²) < 4.78 is 0. The lowest BCUT2D eigenvalue weighted by Gasteiger charge is -2.13. The molecule has 0 radical (unpaired) electrons. The number of benzene rings is 1. The predicted octanol–water partition coefficient (Wildman–Crippen LogP) is 3.75. The fourth-order valence-corrected chi connectivity index (χ4v) is 1.82. The molecule has 0 saturated carbocycles. The monoisotopic (exact) mass is 239 g/mol. The molecule has 1 unspecified atom stereocenters. The lowest BCUT2D eigenvalue weighted by atomic mass is 10.1. The summed E-state index contributed by atoms with van der Waals surface area (Å²) in [5.74, 6) is 0.761. The predicted molar refractivity (Wildman–Crippen MR) is 72.1 cm³/mol. The van der Waals surface area contributed by atoms with Crippen LogP contribution in [0.4, 0.5) is 0 Å². The average molecular weight is 240 g/mol. The quantitative estimate of drug-likeness (QED) is 0.715. The maximum Gasteiger partial charge on any atom is 0.0224 e. The zero-order chi connectivity index (χ0) is 11.8. The van der Waals surface area contributed by atoms with Crippen LogP contribution in [-0.4, -0.2) is 11.9 Å². The van der Waals surface area contributed by atoms with E-state index in [4.69, 9.17) is 11.6 Å². The van der Waals surface area contributed by atoms with E-state index in [1.165, 1.54) is 11.1 Å². The van der Waals surface area contributed by atoms with Crippen molar-refractivity contribution in [3.05, 3.63) is 35.4 Å². The first kappa shape index (κ1) is 13.5. The van der Waals surface area contributed by atoms with E-state index < -0.39 is 0 Å². The largest absolute Gasteiger partial charge is 0.310 e. The van der Waals surface area contributed by atoms with Gasteiger partial charge in [-0.1, -0.05) is 31.2 Å². The maximum atomic E-state index is 5.67. The SMILES string of the molecule is CCc1ccc(CNC(C)CCCCl)cc1. The van der Waals surface area contributed by atoms with Gasteiger partial charge in [-0.3, -0.25) is 0 Å². The van der Waals surface area contributed by atoms with Crippen molar-refractivity contribution in [3.8, 4) is 0 Å². The first-order chi connectivity index (χ1) is 7.76. The van der Waals surface area contributed by atoms with Crippen molar-refractivity contribution in [2.75, 3.05) is 5.88 Å². The van der Waals surface area contributed by atoms with Crippen molar-refractivity contribution >= 4 is 11.6 Å². The lowest BCUT2D eigenvalue weighted by Crippen LogP contribution is -2.25. The van der Waals surface area contributed by atoms with Crippen LogP contribution in [0.25, 0.3) is 0 Å². The highest BCUT2D eigenvalue weighted by atomic mass is 35.5. The van der Waals surface area contributed by atoms with E-state index in [2.05, 4.69) is 43.4 Å². The minimum Gasteiger partial charge on any atom is -0.310 e. The number of hydrogen-bond acceptors (Lipinski definition) is 1. The van der Waals surface area contributed by atoms with Gasteiger partial charge in [0.25, 0.3) is 0 Å². The third-order valence-electron chi connectivity index (χ3n) is 2.86. The van der Waals surface area contributed by atoms with Crippen LogP contribution in [0.5, 0.6) is 0 Å². The van der Waals surface area contributed by atoms with Gasteiger partial charge in [0.2, 0.25) is 0 Å². The molecule has 1 aromatic rings. The number of aryl methyl sites for hydroxylation is 1. The van der Waals surface area contributed by atoms with Gasteiger partial charge in [0.05, 0.1) is 0 Å². The van der Waals surface area contributed by atoms with Crippen LogP contribution in [-0.2, 0) is 13.0 Å². The van der Waals surface area contributed by atoms with Crippen LogP contribution >= 0.6 is 11.6 Å². The van der Waals surface area contributed by atoms with Gasteiger partial charge >= 0.3 is 0 Å². The van der Waals surface area contributed by atoms with E-state index in [1.54, 1.807) is 0 Å². The fourth-order valence-electron chi connectivity index (χ4n) is 1.67. The molecular weight excluding hydrogens is 218 g/mol. The van der Waals surface area contributed by atoms with Crippen LogP contribution < -0.4 is 5.32 Å². The van der Waals surface area contributed by atoms with E-state index in [0.29, 0.717) is 6.04 Å². The Labute approximate surface area is 104 Å². The van der Waals surface area contributed by atoms with Gasteiger partial charge in [-0.2, -0.15) is 0 Å². The molecule has 16 heavy (non-hydrogen) atoms. The van der Waals surface area contributed by atoms with Crippen LogP contribution in [0.1, 0.15) is 37.8 Å². The highest BCUT2D eigenvalue weighted by Gasteiger charge is 2.00. The summed E-state index contributed by atoms with van der Waals surface area (Å²) >= 11 is 5.67. The van der Waals surface area contributed by atoms with Crippen molar-refractivity contribution in [1.29, 1.82) is 0 Å². The van der Waals surface area contributed by atoms with Gasteiger partial charge in [0.1, 0.15) is 0 Å². The molecule has 1 N–H and O–H groups in total. The second-order valence-electron chi connectivity index (χ2n) is 4.28. The Hall–Kier alpha value is -0.530. The lowest BCUT2D eigenvalue weighted by molar-refractivity contribution is 0.509. The number of nitrogens with one attached hydrogen (secondary N) is 1. The summed E-state index contributed by atoms with van der Waals surface area (Å²) in [6.07, 6.45) is 3.35. The van der Waals surface area contributed by atoms with Crippen molar-refractivity contribution in [1.82, 2.24) is 5.32 Å². The van der Waals surface area contributed by atoms with Crippen LogP contribution in [0.3, 0.4) is 0 Å². The molecule has 0 amide bonds. The van der Waals surface area contributed by atoms with E-state index >= 15 is 0 Å². The molecular formula is C14H22ClN. The molecule has 0 heterocycles. The van der Waals surface area contributed by atoms with Gasteiger partial charge in [-0.05, 0) is 37.3 Å². The summed E-state index contributed by atoms with van der Waals surface area (Å²) in [6, 6.07) is 9.38. The molecule has 0 spiro atoms. The third kappa shape index (κ3) is 5.00. The number of halogens is 1. The van der Waals surface area contributed by atoms with Crippen LogP contribution in [0.15, 0.2) is 24.3 Å². The summed E-state index contributed by atoms with van der Waals surface area (Å²) in [7, 11) is 0. The Bertz CT molecular complexity index is 281. The van der Waals surface area contributed by atoms with Crippen molar-refractivity contribution in [2.24, 2.45) is 0 Å². The van der Waals surface area contributed by atoms with Gasteiger partial charge in [0.15, 0.2) is 0 Å². The smallest absolute Gasteiger partial charge is 0.0224 e. The van der Waals surface area contributed by atoms with Gasteiger partial charge in [0, 0.05) is 18.5 Å². The second-order valence-corrected chi connectivity index (χ2v) is 4.66. The summed E-state index contributed by atoms with van der Waals surface area (Å²) in [4.78, 5) is 0. The number of alkyl halides is 1. The number of rotatable bonds is 7. The Kier molecular flexibility index (Phi) is 6.51. The second kappa shape index (κ2) is 7.70. The third-order valence-corrected chi connectivity index (χ3v) is 3.12. The molecule has 0 bridgehead atoms. The minimum atomic E-state index is 0.546. The Morgan fingerprint density at radius 1 is 1.19 bits per heavy atom. The topological polar surface area (TPSA) is 12.0 Å². The zero-order valence-electron chi connectivity index (χ0n) is 10.3. The van der Waals surface area contributed by atoms with Crippen molar-refractivity contribution in [2.45, 2.75) is 45.7 Å². The molecule has 0 saturated heterocycles. The Morgan fingerprint density at radius 2 is 1.81 bits per heavy atom. The van der Waals surface area contributed by atoms with Gasteiger partial charge < -0.3 is 5.32 Å². The van der Waals surface area contributed by atoms with Crippen molar-refractivity contribution in [3.63, 3.8) is 0 Å². The zero-order valence-corrected chi connectivity index (χ0v) is 11.1. The molecule has 0 aliphatic rings. The van der Waals surface area contributed by atoms with E-state index in [0.717, 1.165) is 31.7 Å². The summed E-state index contributed by atoms with van der Waals surface area (Å²) in [6.45, 7) is 5.35. The molecule has 90 valence electrons. The van der Waals surface area contributed by atoms with E-state index in [9.17, 15) is 0 Å². The Morgan fingerprint density at radius 3 is 2.38 bits per heavy atom. The van der Waals surface area contributed by atoms with E-state index in [1.807, 2.05) is 0 Å². The molecule has 1 nitrogen and oxygen atoms in total. The van der Waals surface area contributed by atoms with Crippen LogP contribution in [0, 0.1) is 0 Å². The molecule has 1 rings (SSSR count). The molecule has 0 aromatic heterocycles. The molecule has 1 aromatic carbocycles. The summed E-state index contributed by atoms with van der Waals surface area (Å²) in [5.41, 5.74) is 2.76. The van der Waals surface area contributed by atoms with Gasteiger partial charge in [-0.15, -0.1) is 11.6 Å². The highest BCUT2D eigenvalue weighted by molar-refractivity contribution is 6.17. The van der Waals surface area contributed by atoms with Gasteiger partial charge in [-0.25, -0.2) is 0 Å². The highest BCUT2D eigenvalue weighted by Crippen LogP contribution is 2.06. The average Bonchev–Trinajstić information content (AvgIpc) is 2.34. The van der Waals surface area contributed by atoms with Crippen LogP contribution in [0.2, 0.25) is 0 Å². The molecule has 0 aliphatic heterocycles. The summed E-state index contributed by atoms with van der Waals surface area (Å²) in [5, 5.41) is 3.51. The first-order valence-electron chi connectivity index (χ1n) is 6.13. The Balaban J connectivity index is 2.30. The van der Waals surface area contributed by atoms with Crippen molar-refractivity contribution < 1.29 is 0 Å². The molecule has 2 heteroatoms.